The van der Waals surface area contributed by atoms with Crippen LogP contribution < -0.4 is 5.73 Å². The SMILES string of the molecule is CC(C)(N)CC(P)(C1CCCCC1)C1CCCCC1. The smallest absolute Gasteiger partial charge is 0.0106 e. The van der Waals surface area contributed by atoms with Gasteiger partial charge < -0.3 is 5.73 Å². The van der Waals surface area contributed by atoms with E-state index in [2.05, 4.69) is 23.1 Å². The van der Waals surface area contributed by atoms with Gasteiger partial charge in [0.05, 0.1) is 0 Å². The Labute approximate surface area is 122 Å². The highest BCUT2D eigenvalue weighted by Gasteiger charge is 2.44. The Hall–Kier alpha value is 0.390. The van der Waals surface area contributed by atoms with Crippen molar-refractivity contribution in [2.45, 2.75) is 95.2 Å². The quantitative estimate of drug-likeness (QED) is 0.730. The molecule has 19 heavy (non-hydrogen) atoms. The summed E-state index contributed by atoms with van der Waals surface area (Å²) in [6.45, 7) is 4.44. The fourth-order valence-electron chi connectivity index (χ4n) is 4.69. The lowest BCUT2D eigenvalue weighted by atomic mass is 9.65. The zero-order valence-corrected chi connectivity index (χ0v) is 14.2. The van der Waals surface area contributed by atoms with Crippen molar-refractivity contribution < 1.29 is 0 Å². The Morgan fingerprint density at radius 3 is 1.53 bits per heavy atom. The molecule has 2 aliphatic carbocycles. The van der Waals surface area contributed by atoms with Crippen molar-refractivity contribution in [1.82, 2.24) is 0 Å². The van der Waals surface area contributed by atoms with Gasteiger partial charge in [-0.2, -0.15) is 0 Å². The van der Waals surface area contributed by atoms with Gasteiger partial charge in [0.25, 0.3) is 0 Å². The van der Waals surface area contributed by atoms with Crippen LogP contribution >= 0.6 is 9.24 Å². The first-order valence-corrected chi connectivity index (χ1v) is 9.07. The van der Waals surface area contributed by atoms with Gasteiger partial charge >= 0.3 is 0 Å². The van der Waals surface area contributed by atoms with Gasteiger partial charge in [-0.05, 0) is 62.9 Å². The molecule has 0 aromatic carbocycles. The van der Waals surface area contributed by atoms with E-state index in [1.807, 2.05) is 0 Å². The predicted octanol–water partition coefficient (Wildman–Crippen LogP) is 4.89. The van der Waals surface area contributed by atoms with Crippen LogP contribution in [-0.2, 0) is 0 Å². The molecular weight excluding hydrogens is 249 g/mol. The van der Waals surface area contributed by atoms with Crippen molar-refractivity contribution in [3.63, 3.8) is 0 Å². The van der Waals surface area contributed by atoms with Crippen LogP contribution in [0.1, 0.15) is 84.5 Å². The molecule has 112 valence electrons. The largest absolute Gasteiger partial charge is 0.326 e. The standard InChI is InChI=1S/C17H34NP/c1-16(2,18)13-17(19,14-9-5-3-6-10-14)15-11-7-4-8-12-15/h14-15H,3-13,18-19H2,1-2H3. The lowest BCUT2D eigenvalue weighted by Crippen LogP contribution is -2.49. The van der Waals surface area contributed by atoms with Crippen molar-refractivity contribution in [2.24, 2.45) is 17.6 Å². The Bertz CT molecular complexity index is 251. The summed E-state index contributed by atoms with van der Waals surface area (Å²) < 4.78 is 0. The summed E-state index contributed by atoms with van der Waals surface area (Å²) in [5.74, 6) is 1.80. The molecule has 0 bridgehead atoms. The van der Waals surface area contributed by atoms with Gasteiger partial charge in [0.15, 0.2) is 0 Å². The van der Waals surface area contributed by atoms with Crippen LogP contribution in [0.4, 0.5) is 0 Å². The summed E-state index contributed by atoms with van der Waals surface area (Å²) >= 11 is 0. The second kappa shape index (κ2) is 6.44. The van der Waals surface area contributed by atoms with Crippen LogP contribution in [0.2, 0.25) is 0 Å². The lowest BCUT2D eigenvalue weighted by Gasteiger charge is -2.49. The van der Waals surface area contributed by atoms with E-state index in [9.17, 15) is 0 Å². The van der Waals surface area contributed by atoms with Gasteiger partial charge in [0.1, 0.15) is 0 Å². The zero-order chi connectivity index (χ0) is 13.9. The maximum atomic E-state index is 6.42. The highest BCUT2D eigenvalue weighted by Crippen LogP contribution is 2.51. The molecule has 0 radical (unpaired) electrons. The van der Waals surface area contributed by atoms with Gasteiger partial charge in [-0.15, -0.1) is 9.24 Å². The maximum Gasteiger partial charge on any atom is 0.0106 e. The second-order valence-corrected chi connectivity index (χ2v) is 9.02. The molecule has 1 nitrogen and oxygen atoms in total. The molecule has 2 saturated carbocycles. The lowest BCUT2D eigenvalue weighted by molar-refractivity contribution is 0.146. The summed E-state index contributed by atoms with van der Waals surface area (Å²) in [7, 11) is 3.33. The Balaban J connectivity index is 2.14. The second-order valence-electron chi connectivity index (χ2n) is 7.95. The molecule has 2 N–H and O–H groups in total. The normalized spacial score (nSPS) is 24.6. The minimum atomic E-state index is -0.0311. The monoisotopic (exact) mass is 283 g/mol. The van der Waals surface area contributed by atoms with Gasteiger partial charge in [-0.1, -0.05) is 38.5 Å². The number of hydrogen-bond donors (Lipinski definition) is 1. The Morgan fingerprint density at radius 2 is 1.21 bits per heavy atom. The number of rotatable bonds is 4. The Morgan fingerprint density at radius 1 is 0.842 bits per heavy atom. The molecule has 2 fully saturated rings. The van der Waals surface area contributed by atoms with Gasteiger partial charge in [0.2, 0.25) is 0 Å². The first kappa shape index (κ1) is 15.8. The maximum absolute atomic E-state index is 6.42. The molecule has 0 heterocycles. The first-order valence-electron chi connectivity index (χ1n) is 8.49. The fourth-order valence-corrected chi connectivity index (χ4v) is 5.88. The van der Waals surface area contributed by atoms with E-state index in [1.165, 1.54) is 70.6 Å². The molecule has 0 amide bonds. The molecule has 1 atom stereocenters. The van der Waals surface area contributed by atoms with E-state index in [-0.39, 0.29) is 5.54 Å². The Kier molecular flexibility index (Phi) is 5.34. The van der Waals surface area contributed by atoms with Crippen LogP contribution in [0.15, 0.2) is 0 Å². The van der Waals surface area contributed by atoms with E-state index in [1.54, 1.807) is 0 Å². The van der Waals surface area contributed by atoms with Crippen molar-refractivity contribution >= 4 is 9.24 Å². The third kappa shape index (κ3) is 4.18. The van der Waals surface area contributed by atoms with Crippen molar-refractivity contribution in [3.8, 4) is 0 Å². The van der Waals surface area contributed by atoms with E-state index in [4.69, 9.17) is 5.73 Å². The van der Waals surface area contributed by atoms with Crippen molar-refractivity contribution in [1.29, 1.82) is 0 Å². The van der Waals surface area contributed by atoms with Crippen LogP contribution in [0.3, 0.4) is 0 Å². The molecule has 0 aromatic rings. The van der Waals surface area contributed by atoms with Gasteiger partial charge in [0, 0.05) is 5.54 Å². The van der Waals surface area contributed by atoms with E-state index >= 15 is 0 Å². The molecule has 1 unspecified atom stereocenters. The first-order chi connectivity index (χ1) is 8.92. The zero-order valence-electron chi connectivity index (χ0n) is 13.1. The summed E-state index contributed by atoms with van der Waals surface area (Å²) in [5, 5.41) is 0.416. The van der Waals surface area contributed by atoms with Crippen molar-refractivity contribution in [2.75, 3.05) is 0 Å². The third-order valence-corrected chi connectivity index (χ3v) is 6.64. The molecule has 2 rings (SSSR count). The van der Waals surface area contributed by atoms with Crippen molar-refractivity contribution in [3.05, 3.63) is 0 Å². The molecule has 2 aliphatic rings. The topological polar surface area (TPSA) is 26.0 Å². The summed E-state index contributed by atoms with van der Waals surface area (Å²) in [5.41, 5.74) is 6.39. The van der Waals surface area contributed by atoms with E-state index in [0.29, 0.717) is 5.16 Å². The predicted molar refractivity (Wildman–Crippen MR) is 88.5 cm³/mol. The van der Waals surface area contributed by atoms with E-state index in [0.717, 1.165) is 11.8 Å². The molecule has 0 aromatic heterocycles. The molecule has 2 heteroatoms. The average molecular weight is 283 g/mol. The van der Waals surface area contributed by atoms with Gasteiger partial charge in [-0.25, -0.2) is 0 Å². The van der Waals surface area contributed by atoms with Crippen LogP contribution in [0, 0.1) is 11.8 Å². The van der Waals surface area contributed by atoms with Crippen LogP contribution in [0.5, 0.6) is 0 Å². The number of nitrogens with two attached hydrogens (primary N) is 1. The molecular formula is C17H34NP. The third-order valence-electron chi connectivity index (χ3n) is 5.49. The minimum absolute atomic E-state index is 0.0311. The summed E-state index contributed by atoms with van der Waals surface area (Å²) in [4.78, 5) is 0. The number of hydrogen-bond acceptors (Lipinski definition) is 1. The van der Waals surface area contributed by atoms with Crippen LogP contribution in [-0.4, -0.2) is 10.7 Å². The fraction of sp³-hybridized carbons (Fsp3) is 1.00. The van der Waals surface area contributed by atoms with Gasteiger partial charge in [-0.3, -0.25) is 0 Å². The highest BCUT2D eigenvalue weighted by atomic mass is 31.0. The minimum Gasteiger partial charge on any atom is -0.326 e. The van der Waals surface area contributed by atoms with E-state index < -0.39 is 0 Å². The summed E-state index contributed by atoms with van der Waals surface area (Å²) in [6.07, 6.45) is 15.6. The molecule has 0 spiro atoms. The average Bonchev–Trinajstić information content (AvgIpc) is 2.39. The van der Waals surface area contributed by atoms with Crippen LogP contribution in [0.25, 0.3) is 0 Å². The summed E-state index contributed by atoms with van der Waals surface area (Å²) in [6, 6.07) is 0. The highest BCUT2D eigenvalue weighted by molar-refractivity contribution is 7.19. The molecule has 0 aliphatic heterocycles. The molecule has 0 saturated heterocycles.